The Bertz CT molecular complexity index is 570. The number of aromatic nitrogens is 2. The van der Waals surface area contributed by atoms with Gasteiger partial charge in [0.2, 0.25) is 0 Å². The number of aryl methyl sites for hydroxylation is 2. The van der Waals surface area contributed by atoms with E-state index in [4.69, 9.17) is 0 Å². The highest BCUT2D eigenvalue weighted by Crippen LogP contribution is 2.17. The number of hydrogen-bond donors (Lipinski definition) is 1. The van der Waals surface area contributed by atoms with Gasteiger partial charge in [0, 0.05) is 31.0 Å². The molecule has 0 aliphatic heterocycles. The molecule has 0 saturated carbocycles. The van der Waals surface area contributed by atoms with Crippen molar-refractivity contribution in [2.75, 3.05) is 6.54 Å². The van der Waals surface area contributed by atoms with Crippen molar-refractivity contribution in [3.8, 4) is 5.69 Å². The Morgan fingerprint density at radius 1 is 1.29 bits per heavy atom. The summed E-state index contributed by atoms with van der Waals surface area (Å²) in [7, 11) is 0. The molecule has 0 spiro atoms. The normalized spacial score (nSPS) is 11.3. The lowest BCUT2D eigenvalue weighted by Gasteiger charge is -2.13. The van der Waals surface area contributed by atoms with Gasteiger partial charge in [-0.25, -0.2) is 4.98 Å². The second-order valence-electron chi connectivity index (χ2n) is 6.10. The van der Waals surface area contributed by atoms with E-state index in [1.807, 2.05) is 6.20 Å². The van der Waals surface area contributed by atoms with Crippen LogP contribution in [0.3, 0.4) is 0 Å². The number of nitrogens with zero attached hydrogens (tertiary/aromatic N) is 2. The first-order chi connectivity index (χ1) is 10.1. The molecule has 114 valence electrons. The van der Waals surface area contributed by atoms with E-state index < -0.39 is 0 Å². The smallest absolute Gasteiger partial charge is 0.113 e. The lowest BCUT2D eigenvalue weighted by molar-refractivity contribution is 0.551. The van der Waals surface area contributed by atoms with Gasteiger partial charge in [0.25, 0.3) is 0 Å². The van der Waals surface area contributed by atoms with Crippen LogP contribution in [-0.4, -0.2) is 16.1 Å². The second-order valence-corrected chi connectivity index (χ2v) is 6.10. The zero-order chi connectivity index (χ0) is 15.2. The molecular formula is C18H27N3. The molecule has 0 unspecified atom stereocenters. The fourth-order valence-electron chi connectivity index (χ4n) is 2.50. The van der Waals surface area contributed by atoms with E-state index in [0.29, 0.717) is 5.92 Å². The Morgan fingerprint density at radius 3 is 2.76 bits per heavy atom. The minimum Gasteiger partial charge on any atom is -0.312 e. The van der Waals surface area contributed by atoms with Gasteiger partial charge in [0.05, 0.1) is 0 Å². The molecule has 1 N–H and O–H groups in total. The molecule has 1 aromatic carbocycles. The predicted molar refractivity (Wildman–Crippen MR) is 88.8 cm³/mol. The highest BCUT2D eigenvalue weighted by atomic mass is 15.1. The summed E-state index contributed by atoms with van der Waals surface area (Å²) in [6.07, 6.45) is 6.08. The maximum Gasteiger partial charge on any atom is 0.113 e. The molecule has 1 heterocycles. The maximum absolute atomic E-state index is 4.45. The third kappa shape index (κ3) is 4.18. The summed E-state index contributed by atoms with van der Waals surface area (Å²) in [4.78, 5) is 4.45. The van der Waals surface area contributed by atoms with Crippen LogP contribution < -0.4 is 5.32 Å². The average Bonchev–Trinajstić information content (AvgIpc) is 2.89. The summed E-state index contributed by atoms with van der Waals surface area (Å²) in [5, 5.41) is 3.51. The molecule has 0 bridgehead atoms. The largest absolute Gasteiger partial charge is 0.312 e. The van der Waals surface area contributed by atoms with Crippen LogP contribution >= 0.6 is 0 Å². The van der Waals surface area contributed by atoms with Gasteiger partial charge in [0.15, 0.2) is 0 Å². The Balaban J connectivity index is 2.13. The third-order valence-corrected chi connectivity index (χ3v) is 3.66. The lowest BCUT2D eigenvalue weighted by Crippen LogP contribution is -2.19. The number of nitrogens with one attached hydrogen (secondary N) is 1. The first-order valence-electron chi connectivity index (χ1n) is 7.94. The van der Waals surface area contributed by atoms with E-state index in [2.05, 4.69) is 67.0 Å². The average molecular weight is 285 g/mol. The van der Waals surface area contributed by atoms with Gasteiger partial charge in [-0.1, -0.05) is 26.8 Å². The molecule has 0 atom stereocenters. The summed E-state index contributed by atoms with van der Waals surface area (Å²) in [6, 6.07) is 6.68. The topological polar surface area (TPSA) is 29.9 Å². The van der Waals surface area contributed by atoms with Crippen LogP contribution in [0.4, 0.5) is 0 Å². The molecule has 0 radical (unpaired) electrons. The molecule has 21 heavy (non-hydrogen) atoms. The standard InChI is InChI=1S/C18H27N3/c1-5-6-18-20-9-10-21(18)17-8-7-16(15(4)11-17)13-19-12-14(2)3/h7-11,14,19H,5-6,12-13H2,1-4H3. The van der Waals surface area contributed by atoms with Crippen molar-refractivity contribution in [1.82, 2.24) is 14.9 Å². The zero-order valence-electron chi connectivity index (χ0n) is 13.7. The first-order valence-corrected chi connectivity index (χ1v) is 7.94. The molecule has 3 nitrogen and oxygen atoms in total. The molecule has 3 heteroatoms. The van der Waals surface area contributed by atoms with Gasteiger partial charge in [-0.3, -0.25) is 0 Å². The second kappa shape index (κ2) is 7.41. The third-order valence-electron chi connectivity index (χ3n) is 3.66. The Kier molecular flexibility index (Phi) is 5.57. The van der Waals surface area contributed by atoms with Crippen LogP contribution in [0.15, 0.2) is 30.6 Å². The van der Waals surface area contributed by atoms with Crippen LogP contribution in [-0.2, 0) is 13.0 Å². The van der Waals surface area contributed by atoms with E-state index >= 15 is 0 Å². The van der Waals surface area contributed by atoms with Crippen LogP contribution in [0, 0.1) is 12.8 Å². The number of rotatable bonds is 7. The zero-order valence-corrected chi connectivity index (χ0v) is 13.7. The van der Waals surface area contributed by atoms with Gasteiger partial charge in [0.1, 0.15) is 5.82 Å². The summed E-state index contributed by atoms with van der Waals surface area (Å²) < 4.78 is 2.20. The molecule has 0 saturated heterocycles. The summed E-state index contributed by atoms with van der Waals surface area (Å²) >= 11 is 0. The fourth-order valence-corrected chi connectivity index (χ4v) is 2.50. The number of hydrogen-bond acceptors (Lipinski definition) is 2. The van der Waals surface area contributed by atoms with Crippen LogP contribution in [0.2, 0.25) is 0 Å². The summed E-state index contributed by atoms with van der Waals surface area (Å²) in [6.45, 7) is 10.8. The van der Waals surface area contributed by atoms with Crippen LogP contribution in [0.25, 0.3) is 5.69 Å². The minimum absolute atomic E-state index is 0.687. The Hall–Kier alpha value is -1.61. The van der Waals surface area contributed by atoms with Gasteiger partial charge in [-0.15, -0.1) is 0 Å². The van der Waals surface area contributed by atoms with Crippen molar-refractivity contribution in [1.29, 1.82) is 0 Å². The molecule has 2 aromatic rings. The first kappa shape index (κ1) is 15.8. The SMILES string of the molecule is CCCc1nccn1-c1ccc(CNCC(C)C)c(C)c1. The molecule has 2 rings (SSSR count). The molecule has 0 fully saturated rings. The summed E-state index contributed by atoms with van der Waals surface area (Å²) in [5.41, 5.74) is 3.91. The van der Waals surface area contributed by atoms with Crippen molar-refractivity contribution >= 4 is 0 Å². The quantitative estimate of drug-likeness (QED) is 0.836. The van der Waals surface area contributed by atoms with Crippen molar-refractivity contribution in [2.24, 2.45) is 5.92 Å². The highest BCUT2D eigenvalue weighted by Gasteiger charge is 2.06. The van der Waals surface area contributed by atoms with E-state index in [1.54, 1.807) is 0 Å². The number of imidazole rings is 1. The molecule has 0 aliphatic rings. The highest BCUT2D eigenvalue weighted by molar-refractivity contribution is 5.41. The van der Waals surface area contributed by atoms with E-state index in [1.165, 1.54) is 16.8 Å². The van der Waals surface area contributed by atoms with Gasteiger partial charge in [-0.2, -0.15) is 0 Å². The predicted octanol–water partition coefficient (Wildman–Crippen LogP) is 3.88. The minimum atomic E-state index is 0.687. The molecule has 0 amide bonds. The van der Waals surface area contributed by atoms with Crippen molar-refractivity contribution in [2.45, 2.75) is 47.1 Å². The van der Waals surface area contributed by atoms with Crippen molar-refractivity contribution in [3.63, 3.8) is 0 Å². The van der Waals surface area contributed by atoms with Gasteiger partial charge >= 0.3 is 0 Å². The molecular weight excluding hydrogens is 258 g/mol. The maximum atomic E-state index is 4.45. The Labute approximate surface area is 128 Å². The van der Waals surface area contributed by atoms with Crippen LogP contribution in [0.5, 0.6) is 0 Å². The molecule has 0 aliphatic carbocycles. The molecule has 1 aromatic heterocycles. The van der Waals surface area contributed by atoms with Gasteiger partial charge < -0.3 is 9.88 Å². The fraction of sp³-hybridized carbons (Fsp3) is 0.500. The van der Waals surface area contributed by atoms with E-state index in [-0.39, 0.29) is 0 Å². The summed E-state index contributed by atoms with van der Waals surface area (Å²) in [5.74, 6) is 1.83. The number of benzene rings is 1. The van der Waals surface area contributed by atoms with Crippen molar-refractivity contribution in [3.05, 3.63) is 47.5 Å². The lowest BCUT2D eigenvalue weighted by atomic mass is 10.1. The van der Waals surface area contributed by atoms with Gasteiger partial charge in [-0.05, 0) is 49.1 Å². The van der Waals surface area contributed by atoms with E-state index in [9.17, 15) is 0 Å². The van der Waals surface area contributed by atoms with Crippen molar-refractivity contribution < 1.29 is 0 Å². The monoisotopic (exact) mass is 285 g/mol. The Morgan fingerprint density at radius 2 is 2.10 bits per heavy atom. The van der Waals surface area contributed by atoms with Crippen LogP contribution in [0.1, 0.15) is 44.1 Å². The van der Waals surface area contributed by atoms with E-state index in [0.717, 1.165) is 31.8 Å².